The summed E-state index contributed by atoms with van der Waals surface area (Å²) in [6, 6.07) is 13.3. The maximum Gasteiger partial charge on any atom is 0.419 e. The first-order chi connectivity index (χ1) is 11.4. The van der Waals surface area contributed by atoms with Crippen LogP contribution in [0.2, 0.25) is 0 Å². The summed E-state index contributed by atoms with van der Waals surface area (Å²) in [6.45, 7) is 5.27. The van der Waals surface area contributed by atoms with E-state index < -0.39 is 11.7 Å². The van der Waals surface area contributed by atoms with Crippen LogP contribution in [-0.2, 0) is 19.3 Å². The Labute approximate surface area is 140 Å². The zero-order valence-electron chi connectivity index (χ0n) is 13.9. The summed E-state index contributed by atoms with van der Waals surface area (Å²) in [5, 5.41) is 3.17. The zero-order valence-corrected chi connectivity index (χ0v) is 13.9. The van der Waals surface area contributed by atoms with Crippen molar-refractivity contribution in [3.63, 3.8) is 0 Å². The van der Waals surface area contributed by atoms with Crippen molar-refractivity contribution in [3.05, 3.63) is 65.2 Å². The summed E-state index contributed by atoms with van der Waals surface area (Å²) in [4.78, 5) is 0. The van der Waals surface area contributed by atoms with Crippen LogP contribution in [0.5, 0.6) is 5.75 Å². The molecule has 1 N–H and O–H groups in total. The summed E-state index contributed by atoms with van der Waals surface area (Å²) in [6.07, 6.45) is -4.44. The summed E-state index contributed by atoms with van der Waals surface area (Å²) < 4.78 is 45.5. The lowest BCUT2D eigenvalue weighted by Gasteiger charge is -2.18. The molecule has 0 radical (unpaired) electrons. The van der Waals surface area contributed by atoms with Gasteiger partial charge in [0, 0.05) is 12.1 Å². The van der Waals surface area contributed by atoms with E-state index in [1.807, 2.05) is 44.2 Å². The van der Waals surface area contributed by atoms with Gasteiger partial charge < -0.3 is 10.1 Å². The normalized spacial score (nSPS) is 11.8. The molecule has 0 fully saturated rings. The highest BCUT2D eigenvalue weighted by Crippen LogP contribution is 2.38. The molecule has 0 saturated heterocycles. The van der Waals surface area contributed by atoms with E-state index in [9.17, 15) is 13.2 Å². The summed E-state index contributed by atoms with van der Waals surface area (Å²) in [7, 11) is 0. The molecule has 2 aromatic rings. The van der Waals surface area contributed by atoms with E-state index >= 15 is 0 Å². The number of para-hydroxylation sites is 1. The fourth-order valence-electron chi connectivity index (χ4n) is 2.34. The zero-order chi connectivity index (χ0) is 17.6. The number of rotatable bonds is 7. The Hall–Kier alpha value is -2.01. The van der Waals surface area contributed by atoms with Gasteiger partial charge in [-0.2, -0.15) is 13.2 Å². The largest absolute Gasteiger partial charge is 0.488 e. The molecule has 0 saturated carbocycles. The molecule has 2 nitrogen and oxygen atoms in total. The highest BCUT2D eigenvalue weighted by molar-refractivity contribution is 5.43. The van der Waals surface area contributed by atoms with Crippen LogP contribution in [-0.4, -0.2) is 6.54 Å². The number of alkyl halides is 3. The van der Waals surface area contributed by atoms with E-state index in [-0.39, 0.29) is 12.4 Å². The minimum absolute atomic E-state index is 0.0925. The molecular weight excluding hydrogens is 315 g/mol. The monoisotopic (exact) mass is 337 g/mol. The van der Waals surface area contributed by atoms with Gasteiger partial charge in [-0.15, -0.1) is 0 Å². The number of halogens is 3. The first kappa shape index (κ1) is 18.3. The Morgan fingerprint density at radius 1 is 1.00 bits per heavy atom. The average Bonchev–Trinajstić information content (AvgIpc) is 2.53. The van der Waals surface area contributed by atoms with Crippen LogP contribution in [0.15, 0.2) is 48.5 Å². The smallest absolute Gasteiger partial charge is 0.419 e. The molecule has 0 spiro atoms. The fourth-order valence-corrected chi connectivity index (χ4v) is 2.34. The van der Waals surface area contributed by atoms with Crippen molar-refractivity contribution in [1.29, 1.82) is 0 Å². The summed E-state index contributed by atoms with van der Waals surface area (Å²) >= 11 is 0. The van der Waals surface area contributed by atoms with E-state index in [2.05, 4.69) is 5.32 Å². The minimum Gasteiger partial charge on any atom is -0.488 e. The van der Waals surface area contributed by atoms with Crippen molar-refractivity contribution in [3.8, 4) is 5.75 Å². The van der Waals surface area contributed by atoms with Gasteiger partial charge in [0.25, 0.3) is 0 Å². The van der Waals surface area contributed by atoms with Crippen LogP contribution >= 0.6 is 0 Å². The molecule has 2 aromatic carbocycles. The highest BCUT2D eigenvalue weighted by atomic mass is 19.4. The number of hydrogen-bond acceptors (Lipinski definition) is 2. The molecule has 0 atom stereocenters. The highest BCUT2D eigenvalue weighted by Gasteiger charge is 2.35. The Kier molecular flexibility index (Phi) is 6.26. The molecule has 0 aromatic heterocycles. The van der Waals surface area contributed by atoms with Gasteiger partial charge in [0.15, 0.2) is 0 Å². The van der Waals surface area contributed by atoms with Crippen molar-refractivity contribution in [1.82, 2.24) is 5.32 Å². The number of nitrogens with one attached hydrogen (secondary N) is 1. The van der Waals surface area contributed by atoms with Crippen LogP contribution < -0.4 is 10.1 Å². The maximum absolute atomic E-state index is 13.3. The van der Waals surface area contributed by atoms with Crippen LogP contribution in [0.3, 0.4) is 0 Å². The molecule has 0 bridgehead atoms. The summed E-state index contributed by atoms with van der Waals surface area (Å²) in [5.74, 6) is 0.328. The predicted molar refractivity (Wildman–Crippen MR) is 88.8 cm³/mol. The standard InChI is InChI=1S/C19H22F3NO/c1-14(2)11-23-12-16-9-6-10-17(19(20,21)22)18(16)24-13-15-7-4-3-5-8-15/h3-10,14,23H,11-13H2,1-2H3. The Morgan fingerprint density at radius 2 is 1.71 bits per heavy atom. The van der Waals surface area contributed by atoms with E-state index in [1.165, 1.54) is 6.07 Å². The van der Waals surface area contributed by atoms with Crippen molar-refractivity contribution in [2.45, 2.75) is 33.2 Å². The molecule has 2 rings (SSSR count). The quantitative estimate of drug-likeness (QED) is 0.765. The molecule has 0 aliphatic heterocycles. The lowest BCUT2D eigenvalue weighted by atomic mass is 10.1. The van der Waals surface area contributed by atoms with E-state index in [4.69, 9.17) is 4.74 Å². The van der Waals surface area contributed by atoms with Gasteiger partial charge in [-0.25, -0.2) is 0 Å². The second-order valence-electron chi connectivity index (χ2n) is 6.09. The Balaban J connectivity index is 2.22. The number of hydrogen-bond donors (Lipinski definition) is 1. The van der Waals surface area contributed by atoms with Gasteiger partial charge >= 0.3 is 6.18 Å². The molecule has 130 valence electrons. The van der Waals surface area contributed by atoms with Crippen LogP contribution in [0.4, 0.5) is 13.2 Å². The molecule has 0 heterocycles. The first-order valence-corrected chi connectivity index (χ1v) is 7.94. The number of benzene rings is 2. The average molecular weight is 337 g/mol. The fraction of sp³-hybridized carbons (Fsp3) is 0.368. The maximum atomic E-state index is 13.3. The van der Waals surface area contributed by atoms with E-state index in [0.717, 1.165) is 18.2 Å². The topological polar surface area (TPSA) is 21.3 Å². The van der Waals surface area contributed by atoms with Gasteiger partial charge in [-0.05, 0) is 24.1 Å². The Bertz CT molecular complexity index is 639. The molecule has 24 heavy (non-hydrogen) atoms. The van der Waals surface area contributed by atoms with Gasteiger partial charge in [-0.3, -0.25) is 0 Å². The molecule has 0 amide bonds. The second-order valence-corrected chi connectivity index (χ2v) is 6.09. The minimum atomic E-state index is -4.44. The van der Waals surface area contributed by atoms with Crippen LogP contribution in [0.25, 0.3) is 0 Å². The van der Waals surface area contributed by atoms with Crippen molar-refractivity contribution >= 4 is 0 Å². The third-order valence-electron chi connectivity index (χ3n) is 3.50. The lowest BCUT2D eigenvalue weighted by molar-refractivity contribution is -0.139. The molecule has 0 unspecified atom stereocenters. The van der Waals surface area contributed by atoms with Crippen molar-refractivity contribution in [2.24, 2.45) is 5.92 Å². The van der Waals surface area contributed by atoms with Gasteiger partial charge in [-0.1, -0.05) is 56.3 Å². The van der Waals surface area contributed by atoms with Crippen molar-refractivity contribution in [2.75, 3.05) is 6.54 Å². The molecule has 0 aliphatic carbocycles. The number of ether oxygens (including phenoxy) is 1. The molecule has 5 heteroatoms. The SMILES string of the molecule is CC(C)CNCc1cccc(C(F)(F)F)c1OCc1ccccc1. The molecular formula is C19H22F3NO. The predicted octanol–water partition coefficient (Wildman–Crippen LogP) is 5.03. The van der Waals surface area contributed by atoms with Crippen LogP contribution in [0, 0.1) is 5.92 Å². The first-order valence-electron chi connectivity index (χ1n) is 7.94. The lowest BCUT2D eigenvalue weighted by Crippen LogP contribution is -2.20. The van der Waals surface area contributed by atoms with E-state index in [0.29, 0.717) is 18.0 Å². The van der Waals surface area contributed by atoms with Crippen molar-refractivity contribution < 1.29 is 17.9 Å². The van der Waals surface area contributed by atoms with Gasteiger partial charge in [0.2, 0.25) is 0 Å². The second kappa shape index (κ2) is 8.20. The summed E-state index contributed by atoms with van der Waals surface area (Å²) in [5.41, 5.74) is 0.610. The van der Waals surface area contributed by atoms with Gasteiger partial charge in [0.05, 0.1) is 5.56 Å². The third-order valence-corrected chi connectivity index (χ3v) is 3.50. The molecule has 0 aliphatic rings. The van der Waals surface area contributed by atoms with Crippen LogP contribution in [0.1, 0.15) is 30.5 Å². The third kappa shape index (κ3) is 5.27. The van der Waals surface area contributed by atoms with Gasteiger partial charge in [0.1, 0.15) is 12.4 Å². The van der Waals surface area contributed by atoms with E-state index in [1.54, 1.807) is 6.07 Å². The Morgan fingerprint density at radius 3 is 2.33 bits per heavy atom.